The van der Waals surface area contributed by atoms with Crippen molar-refractivity contribution in [2.75, 3.05) is 17.4 Å². The minimum absolute atomic E-state index is 0.0289. The molecule has 0 spiro atoms. The summed E-state index contributed by atoms with van der Waals surface area (Å²) >= 11 is 0. The molecule has 0 aliphatic carbocycles. The predicted octanol–water partition coefficient (Wildman–Crippen LogP) is 6.19. The van der Waals surface area contributed by atoms with Gasteiger partial charge in [0.25, 0.3) is 10.0 Å². The lowest BCUT2D eigenvalue weighted by atomic mass is 10.0. The van der Waals surface area contributed by atoms with Crippen LogP contribution in [-0.4, -0.2) is 44.3 Å². The number of hydrogen-bond donors (Lipinski definition) is 1. The molecule has 4 rings (SSSR count). The largest absolute Gasteiger partial charge is 0.354 e. The number of aryl methyl sites for hydroxylation is 2. The summed E-state index contributed by atoms with van der Waals surface area (Å²) in [6.45, 7) is 5.30. The zero-order valence-corrected chi connectivity index (χ0v) is 26.8. The van der Waals surface area contributed by atoms with E-state index in [4.69, 9.17) is 0 Å². The van der Waals surface area contributed by atoms with E-state index in [-0.39, 0.29) is 29.3 Å². The molecule has 4 aromatic rings. The highest BCUT2D eigenvalue weighted by atomic mass is 32.2. The van der Waals surface area contributed by atoms with E-state index in [1.54, 1.807) is 48.5 Å². The number of anilines is 1. The number of hydrogen-bond acceptors (Lipinski definition) is 4. The summed E-state index contributed by atoms with van der Waals surface area (Å²) in [5.41, 5.74) is 3.03. The van der Waals surface area contributed by atoms with Crippen LogP contribution in [0, 0.1) is 19.7 Å². The number of rotatable bonds is 14. The maximum atomic E-state index is 15.0. The van der Waals surface area contributed by atoms with Gasteiger partial charge in [0.1, 0.15) is 18.4 Å². The number of nitrogens with one attached hydrogen (secondary N) is 1. The number of benzene rings is 4. The van der Waals surface area contributed by atoms with Crippen molar-refractivity contribution in [2.45, 2.75) is 57.5 Å². The number of sulfonamides is 1. The van der Waals surface area contributed by atoms with Crippen LogP contribution in [0.3, 0.4) is 0 Å². The van der Waals surface area contributed by atoms with Crippen molar-refractivity contribution in [3.8, 4) is 0 Å². The zero-order chi connectivity index (χ0) is 32.4. The molecule has 0 saturated heterocycles. The molecule has 236 valence electrons. The van der Waals surface area contributed by atoms with Crippen LogP contribution in [0.15, 0.2) is 108 Å². The Labute approximate surface area is 265 Å². The molecule has 1 atom stereocenters. The van der Waals surface area contributed by atoms with Crippen LogP contribution in [0.1, 0.15) is 42.0 Å². The Morgan fingerprint density at radius 2 is 1.53 bits per heavy atom. The molecule has 1 unspecified atom stereocenters. The molecule has 1 N–H and O–H groups in total. The molecule has 0 heterocycles. The van der Waals surface area contributed by atoms with Gasteiger partial charge in [-0.05, 0) is 61.7 Å². The number of carbonyl (C=O) groups is 2. The Morgan fingerprint density at radius 3 is 2.20 bits per heavy atom. The normalized spacial score (nSPS) is 11.9. The molecule has 45 heavy (non-hydrogen) atoms. The molecule has 0 aromatic heterocycles. The first-order valence-corrected chi connectivity index (χ1v) is 16.5. The van der Waals surface area contributed by atoms with Crippen molar-refractivity contribution in [3.63, 3.8) is 0 Å². The average molecular weight is 630 g/mol. The van der Waals surface area contributed by atoms with Crippen LogP contribution >= 0.6 is 0 Å². The number of unbranched alkanes of at least 4 members (excludes halogenated alkanes) is 1. The SMILES string of the molecule is CCCCNC(=O)C(Cc1ccccc1)N(Cc1ccccc1F)C(=O)CN(c1cccc(C)c1)S(=O)(=O)c1ccc(C)cc1. The molecule has 0 bridgehead atoms. The fraction of sp³-hybridized carbons (Fsp3) is 0.278. The quantitative estimate of drug-likeness (QED) is 0.169. The Balaban J connectivity index is 1.80. The first-order valence-electron chi connectivity index (χ1n) is 15.1. The molecular formula is C36H40FN3O4S. The van der Waals surface area contributed by atoms with E-state index in [0.717, 1.165) is 33.8 Å². The molecule has 7 nitrogen and oxygen atoms in total. The third-order valence-corrected chi connectivity index (χ3v) is 9.36. The van der Waals surface area contributed by atoms with Gasteiger partial charge in [-0.1, -0.05) is 91.7 Å². The number of nitrogens with zero attached hydrogens (tertiary/aromatic N) is 2. The van der Waals surface area contributed by atoms with Gasteiger partial charge in [-0.2, -0.15) is 0 Å². The van der Waals surface area contributed by atoms with Gasteiger partial charge in [0, 0.05) is 25.1 Å². The Bertz CT molecular complexity index is 1700. The molecule has 4 aromatic carbocycles. The van der Waals surface area contributed by atoms with E-state index in [2.05, 4.69) is 5.32 Å². The fourth-order valence-corrected chi connectivity index (χ4v) is 6.43. The van der Waals surface area contributed by atoms with Gasteiger partial charge >= 0.3 is 0 Å². The summed E-state index contributed by atoms with van der Waals surface area (Å²) in [4.78, 5) is 29.5. The van der Waals surface area contributed by atoms with Gasteiger partial charge in [0.2, 0.25) is 11.8 Å². The maximum absolute atomic E-state index is 15.0. The Kier molecular flexibility index (Phi) is 11.5. The van der Waals surface area contributed by atoms with Gasteiger partial charge in [-0.15, -0.1) is 0 Å². The van der Waals surface area contributed by atoms with E-state index in [1.165, 1.54) is 23.1 Å². The van der Waals surface area contributed by atoms with Crippen LogP contribution in [0.25, 0.3) is 0 Å². The van der Waals surface area contributed by atoms with Crippen LogP contribution in [0.5, 0.6) is 0 Å². The highest BCUT2D eigenvalue weighted by Gasteiger charge is 2.35. The van der Waals surface area contributed by atoms with Crippen molar-refractivity contribution in [1.29, 1.82) is 0 Å². The molecule has 0 aliphatic heterocycles. The highest BCUT2D eigenvalue weighted by molar-refractivity contribution is 7.92. The molecule has 0 aliphatic rings. The first kappa shape index (κ1) is 33.4. The van der Waals surface area contributed by atoms with Gasteiger partial charge in [-0.25, -0.2) is 12.8 Å². The fourth-order valence-electron chi connectivity index (χ4n) is 5.02. The van der Waals surface area contributed by atoms with Crippen molar-refractivity contribution < 1.29 is 22.4 Å². The summed E-state index contributed by atoms with van der Waals surface area (Å²) in [7, 11) is -4.21. The molecule has 9 heteroatoms. The van der Waals surface area contributed by atoms with E-state index < -0.39 is 34.3 Å². The van der Waals surface area contributed by atoms with Gasteiger partial charge in [0.15, 0.2) is 0 Å². The smallest absolute Gasteiger partial charge is 0.264 e. The van der Waals surface area contributed by atoms with Crippen molar-refractivity contribution in [2.24, 2.45) is 0 Å². The van der Waals surface area contributed by atoms with Crippen molar-refractivity contribution in [1.82, 2.24) is 10.2 Å². The number of carbonyl (C=O) groups excluding carboxylic acids is 2. The Hall–Kier alpha value is -4.50. The monoisotopic (exact) mass is 629 g/mol. The Morgan fingerprint density at radius 1 is 0.844 bits per heavy atom. The third kappa shape index (κ3) is 8.79. The highest BCUT2D eigenvalue weighted by Crippen LogP contribution is 2.26. The second-order valence-electron chi connectivity index (χ2n) is 11.1. The van der Waals surface area contributed by atoms with E-state index >= 15 is 4.39 Å². The van der Waals surface area contributed by atoms with Crippen LogP contribution in [-0.2, 0) is 32.6 Å². The summed E-state index contributed by atoms with van der Waals surface area (Å²) < 4.78 is 44.3. The third-order valence-electron chi connectivity index (χ3n) is 7.58. The molecule has 2 amide bonds. The van der Waals surface area contributed by atoms with Gasteiger partial charge in [0.05, 0.1) is 10.6 Å². The molecule has 0 saturated carbocycles. The zero-order valence-electron chi connectivity index (χ0n) is 25.9. The first-order chi connectivity index (χ1) is 21.6. The van der Waals surface area contributed by atoms with E-state index in [0.29, 0.717) is 12.2 Å². The standard InChI is InChI=1S/C36H40FN3O4S/c1-4-5-22-38-36(42)34(24-29-13-7-6-8-14-29)39(25-30-15-9-10-17-33(30)37)35(41)26-40(31-16-11-12-28(3)23-31)45(43,44)32-20-18-27(2)19-21-32/h6-21,23,34H,4-5,22,24-26H2,1-3H3,(H,38,42). The minimum Gasteiger partial charge on any atom is -0.354 e. The lowest BCUT2D eigenvalue weighted by Crippen LogP contribution is -2.53. The predicted molar refractivity (Wildman–Crippen MR) is 176 cm³/mol. The lowest BCUT2D eigenvalue weighted by Gasteiger charge is -2.34. The van der Waals surface area contributed by atoms with Crippen molar-refractivity contribution in [3.05, 3.63) is 131 Å². The summed E-state index contributed by atoms with van der Waals surface area (Å²) in [5, 5.41) is 2.94. The molecule has 0 radical (unpaired) electrons. The number of amides is 2. The summed E-state index contributed by atoms with van der Waals surface area (Å²) in [6, 6.07) is 27.6. The van der Waals surface area contributed by atoms with Crippen LogP contribution in [0.4, 0.5) is 10.1 Å². The van der Waals surface area contributed by atoms with Gasteiger partial charge < -0.3 is 10.2 Å². The molecule has 0 fully saturated rings. The average Bonchev–Trinajstić information content (AvgIpc) is 3.03. The second-order valence-corrected chi connectivity index (χ2v) is 13.0. The van der Waals surface area contributed by atoms with E-state index in [9.17, 15) is 18.0 Å². The second kappa shape index (κ2) is 15.5. The minimum atomic E-state index is -4.21. The number of halogens is 1. The summed E-state index contributed by atoms with van der Waals surface area (Å²) in [5.74, 6) is -1.55. The molecular weight excluding hydrogens is 589 g/mol. The lowest BCUT2D eigenvalue weighted by molar-refractivity contribution is -0.140. The summed E-state index contributed by atoms with van der Waals surface area (Å²) in [6.07, 6.45) is 1.78. The van der Waals surface area contributed by atoms with Crippen molar-refractivity contribution >= 4 is 27.5 Å². The topological polar surface area (TPSA) is 86.8 Å². The van der Waals surface area contributed by atoms with E-state index in [1.807, 2.05) is 57.2 Å². The maximum Gasteiger partial charge on any atom is 0.264 e. The van der Waals surface area contributed by atoms with Crippen LogP contribution < -0.4 is 9.62 Å². The van der Waals surface area contributed by atoms with Crippen LogP contribution in [0.2, 0.25) is 0 Å². The van der Waals surface area contributed by atoms with Gasteiger partial charge in [-0.3, -0.25) is 13.9 Å².